The molecule has 0 fully saturated rings. The van der Waals surface area contributed by atoms with E-state index in [1.54, 1.807) is 17.7 Å². The standard InChI is InChI=1S/C25H30N4OS/c1-18-22(20-11-6-3-7-12-20)23-24(28-17-29-25(23)31-18)27-15-8-13-21(30)26-16-14-19-9-4-2-5-10-19/h3,6-7,9,11-12,17H,2,4-5,8,10,13-16H2,1H3,(H,26,30)(H,27,28,29). The molecule has 0 bridgehead atoms. The lowest BCUT2D eigenvalue weighted by molar-refractivity contribution is -0.121. The minimum Gasteiger partial charge on any atom is -0.369 e. The number of rotatable bonds is 9. The summed E-state index contributed by atoms with van der Waals surface area (Å²) in [6, 6.07) is 10.4. The molecular formula is C25H30N4OS. The molecule has 0 aliphatic heterocycles. The molecule has 2 aromatic heterocycles. The summed E-state index contributed by atoms with van der Waals surface area (Å²) >= 11 is 1.69. The van der Waals surface area contributed by atoms with Gasteiger partial charge in [0.25, 0.3) is 0 Å². The predicted molar refractivity (Wildman–Crippen MR) is 129 cm³/mol. The Labute approximate surface area is 188 Å². The number of carbonyl (C=O) groups is 1. The number of fused-ring (bicyclic) bond motifs is 1. The lowest BCUT2D eigenvalue weighted by Gasteiger charge is -2.13. The summed E-state index contributed by atoms with van der Waals surface area (Å²) in [5.74, 6) is 0.972. The van der Waals surface area contributed by atoms with E-state index in [0.29, 0.717) is 13.0 Å². The van der Waals surface area contributed by atoms with Gasteiger partial charge in [0.2, 0.25) is 5.91 Å². The number of hydrogen-bond donors (Lipinski definition) is 2. The smallest absolute Gasteiger partial charge is 0.220 e. The van der Waals surface area contributed by atoms with Crippen molar-refractivity contribution in [1.82, 2.24) is 15.3 Å². The van der Waals surface area contributed by atoms with Crippen LogP contribution in [0.3, 0.4) is 0 Å². The summed E-state index contributed by atoms with van der Waals surface area (Å²) in [7, 11) is 0. The molecule has 4 rings (SSSR count). The average Bonchev–Trinajstić information content (AvgIpc) is 3.14. The molecule has 6 heteroatoms. The van der Waals surface area contributed by atoms with Crippen LogP contribution in [0.4, 0.5) is 5.82 Å². The first-order chi connectivity index (χ1) is 15.2. The highest BCUT2D eigenvalue weighted by Crippen LogP contribution is 2.40. The van der Waals surface area contributed by atoms with Crippen molar-refractivity contribution >= 4 is 33.3 Å². The lowest BCUT2D eigenvalue weighted by Crippen LogP contribution is -2.25. The van der Waals surface area contributed by atoms with Crippen LogP contribution < -0.4 is 10.6 Å². The van der Waals surface area contributed by atoms with Crippen LogP contribution >= 0.6 is 11.3 Å². The Morgan fingerprint density at radius 1 is 1.13 bits per heavy atom. The lowest BCUT2D eigenvalue weighted by atomic mass is 9.97. The van der Waals surface area contributed by atoms with Gasteiger partial charge in [-0.05, 0) is 51.0 Å². The van der Waals surface area contributed by atoms with E-state index in [0.717, 1.165) is 35.4 Å². The fourth-order valence-electron chi connectivity index (χ4n) is 4.17. The minimum absolute atomic E-state index is 0.127. The number of thiophene rings is 1. The van der Waals surface area contributed by atoms with Crippen molar-refractivity contribution in [3.05, 3.63) is 53.2 Å². The molecule has 0 saturated heterocycles. The fraction of sp³-hybridized carbons (Fsp3) is 0.400. The molecule has 0 radical (unpaired) electrons. The quantitative estimate of drug-likeness (QED) is 0.327. The van der Waals surface area contributed by atoms with E-state index >= 15 is 0 Å². The molecule has 5 nitrogen and oxygen atoms in total. The second-order valence-corrected chi connectivity index (χ2v) is 9.24. The van der Waals surface area contributed by atoms with E-state index in [1.807, 2.05) is 6.07 Å². The van der Waals surface area contributed by atoms with Gasteiger partial charge < -0.3 is 10.6 Å². The number of nitrogens with one attached hydrogen (secondary N) is 2. The van der Waals surface area contributed by atoms with Crippen LogP contribution in [-0.2, 0) is 4.79 Å². The molecule has 2 N–H and O–H groups in total. The molecule has 1 aliphatic rings. The summed E-state index contributed by atoms with van der Waals surface area (Å²) in [6.07, 6.45) is 11.2. The van der Waals surface area contributed by atoms with Crippen LogP contribution in [-0.4, -0.2) is 29.0 Å². The second kappa shape index (κ2) is 10.5. The highest BCUT2D eigenvalue weighted by molar-refractivity contribution is 7.19. The van der Waals surface area contributed by atoms with Crippen LogP contribution in [0.15, 0.2) is 48.3 Å². The van der Waals surface area contributed by atoms with Crippen LogP contribution in [0.1, 0.15) is 49.8 Å². The summed E-state index contributed by atoms with van der Waals surface area (Å²) in [5, 5.41) is 7.57. The van der Waals surface area contributed by atoms with Gasteiger partial charge in [-0.3, -0.25) is 4.79 Å². The Balaban J connectivity index is 1.31. The van der Waals surface area contributed by atoms with Crippen molar-refractivity contribution < 1.29 is 4.79 Å². The molecule has 31 heavy (non-hydrogen) atoms. The third-order valence-electron chi connectivity index (χ3n) is 5.75. The third-order valence-corrected chi connectivity index (χ3v) is 6.77. The van der Waals surface area contributed by atoms with Crippen molar-refractivity contribution in [3.8, 4) is 11.1 Å². The van der Waals surface area contributed by atoms with Gasteiger partial charge in [0, 0.05) is 30.0 Å². The maximum absolute atomic E-state index is 12.2. The van der Waals surface area contributed by atoms with Gasteiger partial charge in [0.05, 0.1) is 5.39 Å². The molecule has 0 atom stereocenters. The Morgan fingerprint density at radius 2 is 2.00 bits per heavy atom. The van der Waals surface area contributed by atoms with Gasteiger partial charge in [0.1, 0.15) is 17.0 Å². The van der Waals surface area contributed by atoms with Gasteiger partial charge in [-0.2, -0.15) is 0 Å². The highest BCUT2D eigenvalue weighted by Gasteiger charge is 2.16. The third kappa shape index (κ3) is 5.50. The topological polar surface area (TPSA) is 66.9 Å². The van der Waals surface area contributed by atoms with Crippen LogP contribution in [0.2, 0.25) is 0 Å². The molecule has 1 aliphatic carbocycles. The maximum atomic E-state index is 12.2. The zero-order valence-electron chi connectivity index (χ0n) is 18.1. The van der Waals surface area contributed by atoms with E-state index in [2.05, 4.69) is 57.9 Å². The molecule has 2 heterocycles. The Hall–Kier alpha value is -2.73. The van der Waals surface area contributed by atoms with Crippen molar-refractivity contribution in [1.29, 1.82) is 0 Å². The summed E-state index contributed by atoms with van der Waals surface area (Å²) in [6.45, 7) is 3.58. The summed E-state index contributed by atoms with van der Waals surface area (Å²) in [5.41, 5.74) is 3.87. The molecule has 1 amide bonds. The molecular weight excluding hydrogens is 404 g/mol. The van der Waals surface area contributed by atoms with Gasteiger partial charge in [0.15, 0.2) is 0 Å². The van der Waals surface area contributed by atoms with E-state index in [-0.39, 0.29) is 5.91 Å². The Morgan fingerprint density at radius 3 is 2.81 bits per heavy atom. The number of aryl methyl sites for hydroxylation is 1. The number of hydrogen-bond acceptors (Lipinski definition) is 5. The predicted octanol–water partition coefficient (Wildman–Crippen LogP) is 5.87. The molecule has 0 spiro atoms. The number of nitrogens with zero attached hydrogens (tertiary/aromatic N) is 2. The number of aromatic nitrogens is 2. The normalized spacial score (nSPS) is 13.8. The minimum atomic E-state index is 0.127. The van der Waals surface area contributed by atoms with E-state index in [9.17, 15) is 4.79 Å². The number of carbonyl (C=O) groups excluding carboxylic acids is 1. The van der Waals surface area contributed by atoms with Crippen LogP contribution in [0.25, 0.3) is 21.3 Å². The van der Waals surface area contributed by atoms with Crippen LogP contribution in [0.5, 0.6) is 0 Å². The molecule has 162 valence electrons. The summed E-state index contributed by atoms with van der Waals surface area (Å²) in [4.78, 5) is 23.4. The van der Waals surface area contributed by atoms with Crippen LogP contribution in [0, 0.1) is 6.92 Å². The number of anilines is 1. The zero-order chi connectivity index (χ0) is 21.5. The monoisotopic (exact) mass is 434 g/mol. The van der Waals surface area contributed by atoms with Crippen molar-refractivity contribution in [2.45, 2.75) is 51.9 Å². The number of benzene rings is 1. The van der Waals surface area contributed by atoms with Gasteiger partial charge >= 0.3 is 0 Å². The average molecular weight is 435 g/mol. The molecule has 1 aromatic carbocycles. The zero-order valence-corrected chi connectivity index (χ0v) is 18.9. The Bertz CT molecular complexity index is 1060. The fourth-order valence-corrected chi connectivity index (χ4v) is 5.18. The first-order valence-corrected chi connectivity index (χ1v) is 12.0. The largest absolute Gasteiger partial charge is 0.369 e. The van der Waals surface area contributed by atoms with Gasteiger partial charge in [-0.25, -0.2) is 9.97 Å². The van der Waals surface area contributed by atoms with Crippen molar-refractivity contribution in [2.24, 2.45) is 0 Å². The Kier molecular flexibility index (Phi) is 7.30. The molecule has 3 aromatic rings. The van der Waals surface area contributed by atoms with Gasteiger partial charge in [-0.1, -0.05) is 42.0 Å². The highest BCUT2D eigenvalue weighted by atomic mass is 32.1. The van der Waals surface area contributed by atoms with E-state index in [1.165, 1.54) is 47.3 Å². The van der Waals surface area contributed by atoms with E-state index < -0.39 is 0 Å². The van der Waals surface area contributed by atoms with E-state index in [4.69, 9.17) is 0 Å². The maximum Gasteiger partial charge on any atom is 0.220 e. The first kappa shape index (κ1) is 21.5. The second-order valence-electron chi connectivity index (χ2n) is 8.04. The number of allylic oxidation sites excluding steroid dienone is 1. The molecule has 0 saturated carbocycles. The van der Waals surface area contributed by atoms with Crippen molar-refractivity contribution in [3.63, 3.8) is 0 Å². The van der Waals surface area contributed by atoms with Crippen molar-refractivity contribution in [2.75, 3.05) is 18.4 Å². The SMILES string of the molecule is Cc1sc2ncnc(NCCCC(=O)NCCC3=CCCCC3)c2c1-c1ccccc1. The molecule has 0 unspecified atom stereocenters. The summed E-state index contributed by atoms with van der Waals surface area (Å²) < 4.78 is 0. The number of amides is 1. The first-order valence-electron chi connectivity index (χ1n) is 11.2. The van der Waals surface area contributed by atoms with Gasteiger partial charge in [-0.15, -0.1) is 11.3 Å².